The zero-order chi connectivity index (χ0) is 17.0. The summed E-state index contributed by atoms with van der Waals surface area (Å²) >= 11 is 5.91. The molecule has 1 heterocycles. The Labute approximate surface area is 138 Å². The number of pyridine rings is 1. The largest absolute Gasteiger partial charge is 0.417 e. The fraction of sp³-hybridized carbons (Fsp3) is 0.312. The smallest absolute Gasteiger partial charge is 0.367 e. The Morgan fingerprint density at radius 1 is 1.22 bits per heavy atom. The molecule has 0 aliphatic heterocycles. The number of hydrogen-bond acceptors (Lipinski definition) is 3. The molecule has 23 heavy (non-hydrogen) atoms. The van der Waals surface area contributed by atoms with Crippen LogP contribution in [0.15, 0.2) is 42.6 Å². The summed E-state index contributed by atoms with van der Waals surface area (Å²) in [6, 6.07) is 10.7. The van der Waals surface area contributed by atoms with Crippen molar-refractivity contribution in [2.24, 2.45) is 0 Å². The standard InChI is InChI=1S/C16H17ClF3N3/c1-23(2)14(11-6-4-3-5-7-11)10-22-15-13(17)8-12(9-21-15)16(18,19)20/h3-9,14H,10H2,1-2H3,(H,21,22)/t14-/m1/s1. The van der Waals surface area contributed by atoms with Gasteiger partial charge in [0.1, 0.15) is 5.82 Å². The summed E-state index contributed by atoms with van der Waals surface area (Å²) in [7, 11) is 3.86. The maximum absolute atomic E-state index is 12.6. The van der Waals surface area contributed by atoms with Gasteiger partial charge in [-0.15, -0.1) is 0 Å². The summed E-state index contributed by atoms with van der Waals surface area (Å²) < 4.78 is 37.8. The van der Waals surface area contributed by atoms with E-state index in [0.29, 0.717) is 6.54 Å². The topological polar surface area (TPSA) is 28.2 Å². The van der Waals surface area contributed by atoms with Crippen molar-refractivity contribution in [2.75, 3.05) is 26.0 Å². The van der Waals surface area contributed by atoms with E-state index >= 15 is 0 Å². The van der Waals surface area contributed by atoms with E-state index < -0.39 is 11.7 Å². The van der Waals surface area contributed by atoms with Crippen LogP contribution in [0.3, 0.4) is 0 Å². The molecule has 2 rings (SSSR count). The first-order valence-corrected chi connectivity index (χ1v) is 7.35. The van der Waals surface area contributed by atoms with Crippen molar-refractivity contribution in [3.05, 3.63) is 58.7 Å². The number of likely N-dealkylation sites (N-methyl/N-ethyl adjacent to an activating group) is 1. The maximum Gasteiger partial charge on any atom is 0.417 e. The van der Waals surface area contributed by atoms with Gasteiger partial charge in [0.15, 0.2) is 0 Å². The second-order valence-corrected chi connectivity index (χ2v) is 5.73. The molecule has 0 aliphatic carbocycles. The van der Waals surface area contributed by atoms with Gasteiger partial charge in [-0.1, -0.05) is 41.9 Å². The van der Waals surface area contributed by atoms with Gasteiger partial charge >= 0.3 is 6.18 Å². The maximum atomic E-state index is 12.6. The van der Waals surface area contributed by atoms with Crippen molar-refractivity contribution in [3.63, 3.8) is 0 Å². The summed E-state index contributed by atoms with van der Waals surface area (Å²) in [6.45, 7) is 0.467. The third-order valence-electron chi connectivity index (χ3n) is 3.44. The molecule has 0 amide bonds. The van der Waals surface area contributed by atoms with Crippen LogP contribution in [0.2, 0.25) is 5.02 Å². The van der Waals surface area contributed by atoms with Crippen LogP contribution in [0.4, 0.5) is 19.0 Å². The number of rotatable bonds is 5. The summed E-state index contributed by atoms with van der Waals surface area (Å²) in [5.74, 6) is 0.238. The van der Waals surface area contributed by atoms with Crippen LogP contribution >= 0.6 is 11.6 Å². The molecule has 1 aromatic carbocycles. The summed E-state index contributed by atoms with van der Waals surface area (Å²) in [5.41, 5.74) is 0.230. The lowest BCUT2D eigenvalue weighted by atomic mass is 10.1. The number of hydrogen-bond donors (Lipinski definition) is 1. The first kappa shape index (κ1) is 17.6. The molecule has 124 valence electrons. The van der Waals surface area contributed by atoms with Crippen LogP contribution in [-0.4, -0.2) is 30.5 Å². The average molecular weight is 344 g/mol. The highest BCUT2D eigenvalue weighted by Crippen LogP contribution is 2.32. The molecule has 3 nitrogen and oxygen atoms in total. The van der Waals surface area contributed by atoms with Gasteiger partial charge in [0.05, 0.1) is 16.6 Å². The van der Waals surface area contributed by atoms with Gasteiger partial charge in [0, 0.05) is 12.7 Å². The van der Waals surface area contributed by atoms with E-state index in [2.05, 4.69) is 10.3 Å². The first-order chi connectivity index (χ1) is 10.8. The van der Waals surface area contributed by atoms with E-state index in [1.165, 1.54) is 0 Å². The van der Waals surface area contributed by atoms with Crippen molar-refractivity contribution < 1.29 is 13.2 Å². The van der Waals surface area contributed by atoms with Crippen molar-refractivity contribution in [3.8, 4) is 0 Å². The van der Waals surface area contributed by atoms with Crippen molar-refractivity contribution >= 4 is 17.4 Å². The van der Waals surface area contributed by atoms with Gasteiger partial charge in [-0.05, 0) is 25.7 Å². The highest BCUT2D eigenvalue weighted by atomic mass is 35.5. The van der Waals surface area contributed by atoms with Crippen LogP contribution in [0, 0.1) is 0 Å². The van der Waals surface area contributed by atoms with Crippen molar-refractivity contribution in [1.29, 1.82) is 0 Å². The monoisotopic (exact) mass is 343 g/mol. The van der Waals surface area contributed by atoms with Crippen LogP contribution in [-0.2, 0) is 6.18 Å². The number of alkyl halides is 3. The van der Waals surface area contributed by atoms with Gasteiger partial charge in [0.2, 0.25) is 0 Å². The summed E-state index contributed by atoms with van der Waals surface area (Å²) in [6.07, 6.45) is -3.67. The predicted octanol–water partition coefficient (Wildman–Crippen LogP) is 4.47. The highest BCUT2D eigenvalue weighted by Gasteiger charge is 2.31. The molecule has 1 atom stereocenters. The minimum atomic E-state index is -4.45. The third-order valence-corrected chi connectivity index (χ3v) is 3.73. The van der Waals surface area contributed by atoms with E-state index in [4.69, 9.17) is 11.6 Å². The van der Waals surface area contributed by atoms with Gasteiger partial charge in [0.25, 0.3) is 0 Å². The Kier molecular flexibility index (Phi) is 5.49. The molecular formula is C16H17ClF3N3. The van der Waals surface area contributed by atoms with E-state index in [-0.39, 0.29) is 16.9 Å². The van der Waals surface area contributed by atoms with E-state index in [9.17, 15) is 13.2 Å². The lowest BCUT2D eigenvalue weighted by Gasteiger charge is -2.25. The minimum absolute atomic E-state index is 0.0383. The molecule has 2 aromatic rings. The highest BCUT2D eigenvalue weighted by molar-refractivity contribution is 6.32. The normalized spacial score (nSPS) is 13.2. The minimum Gasteiger partial charge on any atom is -0.367 e. The van der Waals surface area contributed by atoms with Crippen LogP contribution in [0.5, 0.6) is 0 Å². The molecule has 0 radical (unpaired) electrons. The van der Waals surface area contributed by atoms with Crippen LogP contribution in [0.1, 0.15) is 17.2 Å². The fourth-order valence-corrected chi connectivity index (χ4v) is 2.42. The number of halogens is 4. The van der Waals surface area contributed by atoms with Crippen LogP contribution < -0.4 is 5.32 Å². The third kappa shape index (κ3) is 4.59. The van der Waals surface area contributed by atoms with Crippen molar-refractivity contribution in [1.82, 2.24) is 9.88 Å². The van der Waals surface area contributed by atoms with Gasteiger partial charge in [-0.2, -0.15) is 13.2 Å². The Hall–Kier alpha value is -1.79. The number of nitrogens with one attached hydrogen (secondary N) is 1. The number of benzene rings is 1. The zero-order valence-electron chi connectivity index (χ0n) is 12.7. The van der Waals surface area contributed by atoms with E-state index in [0.717, 1.165) is 17.8 Å². The lowest BCUT2D eigenvalue weighted by Crippen LogP contribution is -2.27. The number of nitrogens with zero attached hydrogens (tertiary/aromatic N) is 2. The Balaban J connectivity index is 2.13. The van der Waals surface area contributed by atoms with Crippen molar-refractivity contribution in [2.45, 2.75) is 12.2 Å². The Bertz CT molecular complexity index is 645. The molecule has 0 saturated carbocycles. The molecule has 1 N–H and O–H groups in total. The molecule has 1 aromatic heterocycles. The molecule has 0 spiro atoms. The molecule has 0 fully saturated rings. The molecule has 0 aliphatic rings. The van der Waals surface area contributed by atoms with E-state index in [1.54, 1.807) is 0 Å². The Morgan fingerprint density at radius 2 is 1.87 bits per heavy atom. The van der Waals surface area contributed by atoms with E-state index in [1.807, 2.05) is 49.3 Å². The van der Waals surface area contributed by atoms with Gasteiger partial charge < -0.3 is 10.2 Å². The molecule has 0 unspecified atom stereocenters. The molecule has 0 bridgehead atoms. The quantitative estimate of drug-likeness (QED) is 0.868. The van der Waals surface area contributed by atoms with Gasteiger partial charge in [-0.3, -0.25) is 0 Å². The fourth-order valence-electron chi connectivity index (χ4n) is 2.19. The first-order valence-electron chi connectivity index (χ1n) is 6.97. The number of aromatic nitrogens is 1. The predicted molar refractivity (Wildman–Crippen MR) is 85.6 cm³/mol. The summed E-state index contributed by atoms with van der Waals surface area (Å²) in [4.78, 5) is 5.80. The second-order valence-electron chi connectivity index (χ2n) is 5.32. The molecular weight excluding hydrogens is 327 g/mol. The average Bonchev–Trinajstić information content (AvgIpc) is 2.48. The molecule has 0 saturated heterocycles. The molecule has 7 heteroatoms. The van der Waals surface area contributed by atoms with Crippen LogP contribution in [0.25, 0.3) is 0 Å². The number of anilines is 1. The Morgan fingerprint density at radius 3 is 2.39 bits per heavy atom. The SMILES string of the molecule is CN(C)[C@H](CNc1ncc(C(F)(F)F)cc1Cl)c1ccccc1. The lowest BCUT2D eigenvalue weighted by molar-refractivity contribution is -0.137. The second kappa shape index (κ2) is 7.19. The van der Waals surface area contributed by atoms with Gasteiger partial charge in [-0.25, -0.2) is 4.98 Å². The summed E-state index contributed by atoms with van der Waals surface area (Å²) in [5, 5.41) is 2.97. The zero-order valence-corrected chi connectivity index (χ0v) is 13.5.